The van der Waals surface area contributed by atoms with Crippen LogP contribution in [0.4, 0.5) is 5.69 Å². The fourth-order valence-electron chi connectivity index (χ4n) is 2.60. The Morgan fingerprint density at radius 2 is 2.14 bits per heavy atom. The third kappa shape index (κ3) is 4.11. The molecule has 1 aromatic carbocycles. The molecule has 21 heavy (non-hydrogen) atoms. The number of ether oxygens (including phenoxy) is 3. The number of methoxy groups -OCH3 is 1. The number of benzene rings is 1. The van der Waals surface area contributed by atoms with Crippen molar-refractivity contribution in [2.24, 2.45) is 0 Å². The lowest BCUT2D eigenvalue weighted by Crippen LogP contribution is -2.56. The monoisotopic (exact) mass is 293 g/mol. The Bertz CT molecular complexity index is 438. The minimum atomic E-state index is 0.115. The highest BCUT2D eigenvalue weighted by Crippen LogP contribution is 2.30. The molecule has 1 fully saturated rings. The zero-order chi connectivity index (χ0) is 15.2. The summed E-state index contributed by atoms with van der Waals surface area (Å²) in [5.41, 5.74) is 1.07. The van der Waals surface area contributed by atoms with Crippen molar-refractivity contribution in [2.45, 2.75) is 58.0 Å². The molecular formula is C17H27NO3. The molecule has 0 aliphatic heterocycles. The van der Waals surface area contributed by atoms with Crippen LogP contribution in [0.5, 0.6) is 5.75 Å². The second-order valence-corrected chi connectivity index (χ2v) is 5.55. The Kier molecular flexibility index (Phi) is 5.88. The van der Waals surface area contributed by atoms with Crippen molar-refractivity contribution in [2.75, 3.05) is 19.0 Å². The maximum Gasteiger partial charge on any atom is 0.121 e. The van der Waals surface area contributed by atoms with Crippen LogP contribution in [-0.2, 0) is 9.47 Å². The van der Waals surface area contributed by atoms with E-state index < -0.39 is 0 Å². The average Bonchev–Trinajstić information content (AvgIpc) is 2.46. The number of rotatable bonds is 8. The Morgan fingerprint density at radius 1 is 1.33 bits per heavy atom. The van der Waals surface area contributed by atoms with Crippen molar-refractivity contribution in [3.05, 3.63) is 24.3 Å². The maximum absolute atomic E-state index is 5.85. The Hall–Kier alpha value is -1.26. The molecule has 4 unspecified atom stereocenters. The van der Waals surface area contributed by atoms with E-state index in [4.69, 9.17) is 14.2 Å². The summed E-state index contributed by atoms with van der Waals surface area (Å²) < 4.78 is 17.0. The molecule has 4 nitrogen and oxygen atoms in total. The molecule has 0 radical (unpaired) electrons. The first-order valence-corrected chi connectivity index (χ1v) is 7.85. The van der Waals surface area contributed by atoms with E-state index in [-0.39, 0.29) is 18.3 Å². The van der Waals surface area contributed by atoms with Crippen molar-refractivity contribution in [3.8, 4) is 5.75 Å². The molecule has 1 aliphatic rings. The van der Waals surface area contributed by atoms with Crippen LogP contribution >= 0.6 is 0 Å². The standard InChI is InChI=1S/C17H27NO3/c1-5-12(3)21-14-9-7-8-13(10-14)18-15-11-16(20-6-2)17(15)19-4/h7-10,12,15-18H,5-6,11H2,1-4H3. The van der Waals surface area contributed by atoms with Gasteiger partial charge in [0.05, 0.1) is 18.2 Å². The molecular weight excluding hydrogens is 266 g/mol. The maximum atomic E-state index is 5.85. The van der Waals surface area contributed by atoms with Crippen molar-refractivity contribution in [3.63, 3.8) is 0 Å². The second-order valence-electron chi connectivity index (χ2n) is 5.55. The van der Waals surface area contributed by atoms with Crippen molar-refractivity contribution >= 4 is 5.69 Å². The van der Waals surface area contributed by atoms with E-state index >= 15 is 0 Å². The summed E-state index contributed by atoms with van der Waals surface area (Å²) in [6.07, 6.45) is 2.53. The van der Waals surface area contributed by atoms with Crippen LogP contribution in [0.3, 0.4) is 0 Å². The Balaban J connectivity index is 1.93. The van der Waals surface area contributed by atoms with Crippen molar-refractivity contribution in [1.29, 1.82) is 0 Å². The van der Waals surface area contributed by atoms with E-state index in [2.05, 4.69) is 25.2 Å². The SMILES string of the molecule is CCOC1CC(Nc2cccc(OC(C)CC)c2)C1OC. The molecule has 1 aromatic rings. The van der Waals surface area contributed by atoms with Gasteiger partial charge in [0.15, 0.2) is 0 Å². The predicted octanol–water partition coefficient (Wildman–Crippen LogP) is 3.47. The fourth-order valence-corrected chi connectivity index (χ4v) is 2.60. The lowest BCUT2D eigenvalue weighted by molar-refractivity contribution is -0.118. The second kappa shape index (κ2) is 7.66. The van der Waals surface area contributed by atoms with Gasteiger partial charge in [-0.1, -0.05) is 13.0 Å². The average molecular weight is 293 g/mol. The smallest absolute Gasteiger partial charge is 0.121 e. The highest BCUT2D eigenvalue weighted by Gasteiger charge is 2.42. The normalized spacial score (nSPS) is 26.0. The molecule has 0 saturated heterocycles. The van der Waals surface area contributed by atoms with Crippen LogP contribution < -0.4 is 10.1 Å². The zero-order valence-corrected chi connectivity index (χ0v) is 13.5. The first-order valence-electron chi connectivity index (χ1n) is 7.85. The summed E-state index contributed by atoms with van der Waals surface area (Å²) in [5.74, 6) is 0.906. The summed E-state index contributed by atoms with van der Waals surface area (Å²) >= 11 is 0. The van der Waals surface area contributed by atoms with Gasteiger partial charge < -0.3 is 19.5 Å². The summed E-state index contributed by atoms with van der Waals surface area (Å²) in [7, 11) is 1.74. The van der Waals surface area contributed by atoms with E-state index in [1.807, 2.05) is 25.1 Å². The van der Waals surface area contributed by atoms with Gasteiger partial charge in [0, 0.05) is 25.5 Å². The van der Waals surface area contributed by atoms with E-state index in [1.165, 1.54) is 0 Å². The molecule has 118 valence electrons. The molecule has 0 amide bonds. The number of hydrogen-bond acceptors (Lipinski definition) is 4. The zero-order valence-electron chi connectivity index (χ0n) is 13.5. The molecule has 1 N–H and O–H groups in total. The third-order valence-electron chi connectivity index (χ3n) is 4.00. The molecule has 0 bridgehead atoms. The predicted molar refractivity (Wildman–Crippen MR) is 85.1 cm³/mol. The quantitative estimate of drug-likeness (QED) is 0.796. The van der Waals surface area contributed by atoms with Gasteiger partial charge in [-0.15, -0.1) is 0 Å². The van der Waals surface area contributed by atoms with Crippen LogP contribution in [0, 0.1) is 0 Å². The molecule has 2 rings (SSSR count). The minimum Gasteiger partial charge on any atom is -0.491 e. The van der Waals surface area contributed by atoms with Gasteiger partial charge in [0.2, 0.25) is 0 Å². The molecule has 0 aromatic heterocycles. The molecule has 0 spiro atoms. The van der Waals surface area contributed by atoms with Gasteiger partial charge in [-0.2, -0.15) is 0 Å². The fraction of sp³-hybridized carbons (Fsp3) is 0.647. The van der Waals surface area contributed by atoms with E-state index in [0.29, 0.717) is 6.04 Å². The molecule has 1 aliphatic carbocycles. The van der Waals surface area contributed by atoms with E-state index in [9.17, 15) is 0 Å². The van der Waals surface area contributed by atoms with Crippen LogP contribution in [0.1, 0.15) is 33.6 Å². The number of hydrogen-bond donors (Lipinski definition) is 1. The van der Waals surface area contributed by atoms with Crippen molar-refractivity contribution in [1.82, 2.24) is 0 Å². The van der Waals surface area contributed by atoms with Crippen LogP contribution in [0.15, 0.2) is 24.3 Å². The van der Waals surface area contributed by atoms with Crippen LogP contribution in [0.2, 0.25) is 0 Å². The van der Waals surface area contributed by atoms with Crippen LogP contribution in [0.25, 0.3) is 0 Å². The van der Waals surface area contributed by atoms with Gasteiger partial charge in [-0.3, -0.25) is 0 Å². The third-order valence-corrected chi connectivity index (χ3v) is 4.00. The largest absolute Gasteiger partial charge is 0.491 e. The van der Waals surface area contributed by atoms with E-state index in [1.54, 1.807) is 7.11 Å². The molecule has 1 saturated carbocycles. The van der Waals surface area contributed by atoms with Crippen LogP contribution in [-0.4, -0.2) is 38.1 Å². The molecule has 0 heterocycles. The van der Waals surface area contributed by atoms with Gasteiger partial charge in [-0.05, 0) is 38.8 Å². The summed E-state index contributed by atoms with van der Waals surface area (Å²) in [6, 6.07) is 8.41. The van der Waals surface area contributed by atoms with Gasteiger partial charge in [0.1, 0.15) is 11.9 Å². The highest BCUT2D eigenvalue weighted by molar-refractivity contribution is 5.49. The van der Waals surface area contributed by atoms with Gasteiger partial charge in [-0.25, -0.2) is 0 Å². The van der Waals surface area contributed by atoms with E-state index in [0.717, 1.165) is 30.9 Å². The summed E-state index contributed by atoms with van der Waals surface area (Å²) in [5, 5.41) is 3.51. The topological polar surface area (TPSA) is 39.7 Å². The summed E-state index contributed by atoms with van der Waals surface area (Å²) in [6.45, 7) is 6.95. The molecule has 4 heteroatoms. The first-order chi connectivity index (χ1) is 10.2. The number of anilines is 1. The first kappa shape index (κ1) is 16.1. The van der Waals surface area contributed by atoms with Gasteiger partial charge in [0.25, 0.3) is 0 Å². The minimum absolute atomic E-state index is 0.115. The molecule has 4 atom stereocenters. The Labute approximate surface area is 127 Å². The lowest BCUT2D eigenvalue weighted by Gasteiger charge is -2.43. The lowest BCUT2D eigenvalue weighted by atomic mass is 9.85. The van der Waals surface area contributed by atoms with Gasteiger partial charge >= 0.3 is 0 Å². The highest BCUT2D eigenvalue weighted by atomic mass is 16.5. The summed E-state index contributed by atoms with van der Waals surface area (Å²) in [4.78, 5) is 0. The van der Waals surface area contributed by atoms with Crippen molar-refractivity contribution < 1.29 is 14.2 Å². The number of nitrogens with one attached hydrogen (secondary N) is 1. The Morgan fingerprint density at radius 3 is 2.81 bits per heavy atom.